The number of rotatable bonds is 3. The van der Waals surface area contributed by atoms with Gasteiger partial charge in [-0.25, -0.2) is 0 Å². The monoisotopic (exact) mass is 335 g/mol. The van der Waals surface area contributed by atoms with Crippen molar-refractivity contribution in [1.82, 2.24) is 15.0 Å². The summed E-state index contributed by atoms with van der Waals surface area (Å²) in [5.74, 6) is 0.771. The Hall–Kier alpha value is -1.44. The zero-order valence-corrected chi connectivity index (χ0v) is 14.0. The lowest BCUT2D eigenvalue weighted by Gasteiger charge is -2.33. The molecule has 0 unspecified atom stereocenters. The van der Waals surface area contributed by atoms with Gasteiger partial charge in [-0.1, -0.05) is 5.16 Å². The molecule has 4 rings (SSSR count). The summed E-state index contributed by atoms with van der Waals surface area (Å²) in [5, 5.41) is 14.9. The van der Waals surface area contributed by atoms with Crippen molar-refractivity contribution in [2.45, 2.75) is 37.7 Å². The van der Waals surface area contributed by atoms with E-state index in [9.17, 15) is 9.90 Å². The second-order valence-electron chi connectivity index (χ2n) is 7.23. The summed E-state index contributed by atoms with van der Waals surface area (Å²) in [6, 6.07) is 0. The van der Waals surface area contributed by atoms with Crippen LogP contribution in [0.2, 0.25) is 0 Å². The normalized spacial score (nSPS) is 28.1. The number of fused-ring (bicyclic) bond motifs is 1. The predicted octanol–water partition coefficient (Wildman–Crippen LogP) is 0.463. The number of carbonyl (C=O) groups is 1. The third-order valence-electron chi connectivity index (χ3n) is 5.39. The van der Waals surface area contributed by atoms with E-state index in [2.05, 4.69) is 10.1 Å². The molecule has 0 aromatic carbocycles. The number of hydrogen-bond acceptors (Lipinski definition) is 6. The first-order valence-electron chi connectivity index (χ1n) is 8.94. The Morgan fingerprint density at radius 3 is 2.83 bits per heavy atom. The van der Waals surface area contributed by atoms with E-state index in [0.29, 0.717) is 45.0 Å². The Bertz CT molecular complexity index is 611. The second-order valence-corrected chi connectivity index (χ2v) is 7.23. The van der Waals surface area contributed by atoms with Crippen molar-refractivity contribution in [2.24, 2.45) is 0 Å². The fraction of sp³-hybridized carbons (Fsp3) is 0.765. The van der Waals surface area contributed by atoms with Gasteiger partial charge in [-0.15, -0.1) is 0 Å². The minimum atomic E-state index is -0.837. The fourth-order valence-corrected chi connectivity index (χ4v) is 4.04. The van der Waals surface area contributed by atoms with E-state index in [4.69, 9.17) is 9.26 Å². The molecule has 1 atom stereocenters. The van der Waals surface area contributed by atoms with Gasteiger partial charge in [0.2, 0.25) is 0 Å². The molecule has 0 saturated carbocycles. The molecule has 2 fully saturated rings. The SMILES string of the molecule is O=C(c1noc2c1CCCC2)N1CC[C@@](O)(CN2CCOCC2)C1. The van der Waals surface area contributed by atoms with E-state index in [1.54, 1.807) is 4.90 Å². The maximum atomic E-state index is 12.8. The van der Waals surface area contributed by atoms with Gasteiger partial charge in [-0.3, -0.25) is 9.69 Å². The molecule has 2 aliphatic heterocycles. The summed E-state index contributed by atoms with van der Waals surface area (Å²) in [6.45, 7) is 4.64. The van der Waals surface area contributed by atoms with Crippen molar-refractivity contribution in [3.05, 3.63) is 17.0 Å². The van der Waals surface area contributed by atoms with Crippen LogP contribution in [0.15, 0.2) is 4.52 Å². The van der Waals surface area contributed by atoms with Crippen molar-refractivity contribution in [3.63, 3.8) is 0 Å². The van der Waals surface area contributed by atoms with Gasteiger partial charge in [0.15, 0.2) is 5.69 Å². The number of ether oxygens (including phenoxy) is 1. The summed E-state index contributed by atoms with van der Waals surface area (Å²) in [7, 11) is 0. The minimum absolute atomic E-state index is 0.0974. The lowest BCUT2D eigenvalue weighted by atomic mass is 9.96. The third-order valence-corrected chi connectivity index (χ3v) is 5.39. The van der Waals surface area contributed by atoms with E-state index in [-0.39, 0.29) is 5.91 Å². The van der Waals surface area contributed by atoms with Crippen LogP contribution < -0.4 is 0 Å². The molecule has 0 spiro atoms. The van der Waals surface area contributed by atoms with E-state index < -0.39 is 5.60 Å². The van der Waals surface area contributed by atoms with Crippen LogP contribution in [0.3, 0.4) is 0 Å². The van der Waals surface area contributed by atoms with E-state index >= 15 is 0 Å². The van der Waals surface area contributed by atoms with Gasteiger partial charge in [0.25, 0.3) is 5.91 Å². The molecular weight excluding hydrogens is 310 g/mol. The Morgan fingerprint density at radius 1 is 1.21 bits per heavy atom. The quantitative estimate of drug-likeness (QED) is 0.865. The highest BCUT2D eigenvalue weighted by Gasteiger charge is 2.41. The first-order valence-corrected chi connectivity index (χ1v) is 8.94. The van der Waals surface area contributed by atoms with E-state index in [0.717, 1.165) is 50.1 Å². The highest BCUT2D eigenvalue weighted by Crippen LogP contribution is 2.28. The molecule has 1 aliphatic carbocycles. The lowest BCUT2D eigenvalue weighted by molar-refractivity contribution is -0.0257. The van der Waals surface area contributed by atoms with Crippen LogP contribution in [0.1, 0.15) is 41.1 Å². The van der Waals surface area contributed by atoms with Crippen molar-refractivity contribution >= 4 is 5.91 Å². The molecule has 7 nitrogen and oxygen atoms in total. The number of hydrogen-bond donors (Lipinski definition) is 1. The number of amides is 1. The van der Waals surface area contributed by atoms with Crippen LogP contribution in [0.25, 0.3) is 0 Å². The molecule has 1 aromatic heterocycles. The first kappa shape index (κ1) is 16.1. The number of nitrogens with zero attached hydrogens (tertiary/aromatic N) is 3. The summed E-state index contributed by atoms with van der Waals surface area (Å²) >= 11 is 0. The van der Waals surface area contributed by atoms with Crippen LogP contribution in [-0.2, 0) is 17.6 Å². The molecule has 1 amide bonds. The summed E-state index contributed by atoms with van der Waals surface area (Å²) in [5.41, 5.74) is 0.603. The van der Waals surface area contributed by atoms with Gasteiger partial charge in [0.1, 0.15) is 5.76 Å². The predicted molar refractivity (Wildman–Crippen MR) is 85.9 cm³/mol. The van der Waals surface area contributed by atoms with Gasteiger partial charge in [-0.05, 0) is 25.7 Å². The average molecular weight is 335 g/mol. The zero-order chi connectivity index (χ0) is 16.6. The van der Waals surface area contributed by atoms with Crippen molar-refractivity contribution < 1.29 is 19.2 Å². The largest absolute Gasteiger partial charge is 0.387 e. The summed E-state index contributed by atoms with van der Waals surface area (Å²) < 4.78 is 10.7. The maximum absolute atomic E-state index is 12.8. The van der Waals surface area contributed by atoms with Crippen LogP contribution in [0.4, 0.5) is 0 Å². The average Bonchev–Trinajstić information content (AvgIpc) is 3.19. The third kappa shape index (κ3) is 3.08. The van der Waals surface area contributed by atoms with Crippen LogP contribution in [-0.4, -0.2) is 77.5 Å². The number of aryl methyl sites for hydroxylation is 1. The highest BCUT2D eigenvalue weighted by atomic mass is 16.5. The van der Waals surface area contributed by atoms with Gasteiger partial charge in [0.05, 0.1) is 25.4 Å². The fourth-order valence-electron chi connectivity index (χ4n) is 4.04. The van der Waals surface area contributed by atoms with Crippen LogP contribution >= 0.6 is 0 Å². The Morgan fingerprint density at radius 2 is 2.00 bits per heavy atom. The standard InChI is InChI=1S/C17H25N3O4/c21-16(15-13-3-1-2-4-14(13)24-18-15)20-6-5-17(22,12-20)11-19-7-9-23-10-8-19/h22H,1-12H2/t17-/m1/s1. The summed E-state index contributed by atoms with van der Waals surface area (Å²) in [6.07, 6.45) is 4.52. The molecule has 7 heteroatoms. The Labute approximate surface area is 141 Å². The lowest BCUT2D eigenvalue weighted by Crippen LogP contribution is -2.49. The molecule has 1 N–H and O–H groups in total. The number of aromatic nitrogens is 1. The Balaban J connectivity index is 1.42. The van der Waals surface area contributed by atoms with Gasteiger partial charge in [0, 0.05) is 38.2 Å². The number of carbonyl (C=O) groups excluding carboxylic acids is 1. The zero-order valence-electron chi connectivity index (χ0n) is 14.0. The number of likely N-dealkylation sites (tertiary alicyclic amines) is 1. The summed E-state index contributed by atoms with van der Waals surface area (Å²) in [4.78, 5) is 16.8. The molecule has 0 bridgehead atoms. The first-order chi connectivity index (χ1) is 11.6. The topological polar surface area (TPSA) is 79.0 Å². The maximum Gasteiger partial charge on any atom is 0.276 e. The molecule has 2 saturated heterocycles. The van der Waals surface area contributed by atoms with Crippen molar-refractivity contribution in [1.29, 1.82) is 0 Å². The number of aliphatic hydroxyl groups is 1. The minimum Gasteiger partial charge on any atom is -0.387 e. The van der Waals surface area contributed by atoms with Gasteiger partial charge in [-0.2, -0.15) is 0 Å². The van der Waals surface area contributed by atoms with Gasteiger partial charge >= 0.3 is 0 Å². The van der Waals surface area contributed by atoms with E-state index in [1.165, 1.54) is 0 Å². The molecule has 132 valence electrons. The second kappa shape index (κ2) is 6.46. The molecule has 1 aromatic rings. The van der Waals surface area contributed by atoms with Crippen LogP contribution in [0, 0.1) is 0 Å². The smallest absolute Gasteiger partial charge is 0.276 e. The number of morpholine rings is 1. The molecule has 3 heterocycles. The van der Waals surface area contributed by atoms with Crippen molar-refractivity contribution in [3.8, 4) is 0 Å². The van der Waals surface area contributed by atoms with Crippen molar-refractivity contribution in [2.75, 3.05) is 45.9 Å². The molecule has 3 aliphatic rings. The van der Waals surface area contributed by atoms with E-state index in [1.807, 2.05) is 0 Å². The highest BCUT2D eigenvalue weighted by molar-refractivity contribution is 5.94. The molecular formula is C17H25N3O4. The van der Waals surface area contributed by atoms with Crippen LogP contribution in [0.5, 0.6) is 0 Å². The number of β-amino-alcohol motifs (C(OH)–C–C–N with tert-alkyl or cyclic N) is 1. The molecule has 24 heavy (non-hydrogen) atoms. The molecule has 0 radical (unpaired) electrons. The Kier molecular flexibility index (Phi) is 4.32. The van der Waals surface area contributed by atoms with Gasteiger partial charge < -0.3 is 19.3 Å².